The first-order chi connectivity index (χ1) is 8.15. The zero-order valence-electron chi connectivity index (χ0n) is 9.45. The average Bonchev–Trinajstić information content (AvgIpc) is 2.38. The molecule has 0 aliphatic heterocycles. The minimum Gasteiger partial charge on any atom is -0.467 e. The summed E-state index contributed by atoms with van der Waals surface area (Å²) in [5, 5.41) is 8.04. The van der Waals surface area contributed by atoms with Crippen molar-refractivity contribution in [3.05, 3.63) is 34.6 Å². The van der Waals surface area contributed by atoms with Gasteiger partial charge in [-0.2, -0.15) is 4.68 Å². The molecule has 2 rings (SSSR count). The van der Waals surface area contributed by atoms with Gasteiger partial charge >= 0.3 is 5.97 Å². The van der Waals surface area contributed by atoms with E-state index in [0.717, 1.165) is 4.68 Å². The lowest BCUT2D eigenvalue weighted by molar-refractivity contribution is -0.144. The van der Waals surface area contributed by atoms with Gasteiger partial charge in [0.1, 0.15) is 5.52 Å². The number of esters is 1. The van der Waals surface area contributed by atoms with E-state index in [9.17, 15) is 9.59 Å². The van der Waals surface area contributed by atoms with Crippen LogP contribution in [-0.4, -0.2) is 28.1 Å². The highest BCUT2D eigenvalue weighted by Crippen LogP contribution is 2.07. The predicted octanol–water partition coefficient (Wildman–Crippen LogP) is 0.525. The molecule has 0 saturated carbocycles. The van der Waals surface area contributed by atoms with Crippen molar-refractivity contribution in [3.63, 3.8) is 0 Å². The Morgan fingerprint density at radius 2 is 2.12 bits per heavy atom. The number of methoxy groups -OCH3 is 1. The number of rotatable bonds is 2. The summed E-state index contributed by atoms with van der Waals surface area (Å²) in [6, 6.07) is 6.05. The van der Waals surface area contributed by atoms with Crippen LogP contribution in [0.15, 0.2) is 29.1 Å². The molecule has 17 heavy (non-hydrogen) atoms. The number of hydrogen-bond donors (Lipinski definition) is 0. The van der Waals surface area contributed by atoms with E-state index in [2.05, 4.69) is 15.0 Å². The van der Waals surface area contributed by atoms with Crippen LogP contribution < -0.4 is 5.56 Å². The Labute approximate surface area is 96.8 Å². The van der Waals surface area contributed by atoms with Crippen molar-refractivity contribution in [1.29, 1.82) is 0 Å². The first-order valence-corrected chi connectivity index (χ1v) is 5.07. The van der Waals surface area contributed by atoms with Gasteiger partial charge < -0.3 is 4.74 Å². The zero-order valence-corrected chi connectivity index (χ0v) is 9.45. The SMILES string of the molecule is COC(=O)C(C)n1nnc2ccccc2c1=O. The lowest BCUT2D eigenvalue weighted by atomic mass is 10.2. The quantitative estimate of drug-likeness (QED) is 0.707. The molecular formula is C11H11N3O3. The normalized spacial score (nSPS) is 12.4. The molecule has 0 spiro atoms. The molecule has 1 heterocycles. The Bertz CT molecular complexity index is 621. The molecule has 2 aromatic rings. The van der Waals surface area contributed by atoms with Crippen molar-refractivity contribution >= 4 is 16.9 Å². The van der Waals surface area contributed by atoms with Crippen molar-refractivity contribution in [1.82, 2.24) is 15.0 Å². The van der Waals surface area contributed by atoms with Crippen molar-refractivity contribution in [3.8, 4) is 0 Å². The standard InChI is InChI=1S/C11H11N3O3/c1-7(11(16)17-2)14-10(15)8-5-3-4-6-9(8)12-13-14/h3-7H,1-2H3. The maximum Gasteiger partial charge on any atom is 0.330 e. The first kappa shape index (κ1) is 11.3. The van der Waals surface area contributed by atoms with Crippen LogP contribution in [0, 0.1) is 0 Å². The summed E-state index contributed by atoms with van der Waals surface area (Å²) in [5.74, 6) is -0.531. The van der Waals surface area contributed by atoms with E-state index in [1.165, 1.54) is 14.0 Å². The molecule has 0 amide bonds. The van der Waals surface area contributed by atoms with Gasteiger partial charge in [-0.05, 0) is 19.1 Å². The fourth-order valence-electron chi connectivity index (χ4n) is 1.53. The van der Waals surface area contributed by atoms with Crippen LogP contribution in [0.25, 0.3) is 10.9 Å². The van der Waals surface area contributed by atoms with Crippen LogP contribution in [0.4, 0.5) is 0 Å². The smallest absolute Gasteiger partial charge is 0.330 e. The Hall–Kier alpha value is -2.24. The molecule has 6 heteroatoms. The summed E-state index contributed by atoms with van der Waals surface area (Å²) in [4.78, 5) is 23.4. The largest absolute Gasteiger partial charge is 0.467 e. The predicted molar refractivity (Wildman–Crippen MR) is 60.5 cm³/mol. The lowest BCUT2D eigenvalue weighted by Gasteiger charge is -2.10. The maximum atomic E-state index is 12.0. The molecule has 0 bridgehead atoms. The van der Waals surface area contributed by atoms with Crippen molar-refractivity contribution in [2.75, 3.05) is 7.11 Å². The summed E-state index contributed by atoms with van der Waals surface area (Å²) < 4.78 is 5.59. The van der Waals surface area contributed by atoms with E-state index < -0.39 is 12.0 Å². The third-order valence-corrected chi connectivity index (χ3v) is 2.50. The summed E-state index contributed by atoms with van der Waals surface area (Å²) in [6.45, 7) is 1.54. The fraction of sp³-hybridized carbons (Fsp3) is 0.273. The highest BCUT2D eigenvalue weighted by atomic mass is 16.5. The van der Waals surface area contributed by atoms with Gasteiger partial charge in [0.15, 0.2) is 6.04 Å². The Kier molecular flexibility index (Phi) is 2.86. The van der Waals surface area contributed by atoms with Crippen molar-refractivity contribution in [2.45, 2.75) is 13.0 Å². The van der Waals surface area contributed by atoms with Gasteiger partial charge in [-0.25, -0.2) is 4.79 Å². The van der Waals surface area contributed by atoms with Crippen molar-refractivity contribution in [2.24, 2.45) is 0 Å². The van der Waals surface area contributed by atoms with Crippen LogP contribution >= 0.6 is 0 Å². The van der Waals surface area contributed by atoms with Gasteiger partial charge in [-0.1, -0.05) is 17.3 Å². The highest BCUT2D eigenvalue weighted by molar-refractivity contribution is 5.77. The minimum absolute atomic E-state index is 0.353. The molecule has 0 radical (unpaired) electrons. The van der Waals surface area contributed by atoms with Crippen LogP contribution in [0.2, 0.25) is 0 Å². The summed E-state index contributed by atoms with van der Waals surface area (Å²) in [5.41, 5.74) is 0.152. The van der Waals surface area contributed by atoms with Gasteiger partial charge in [-0.3, -0.25) is 4.79 Å². The number of fused-ring (bicyclic) bond motifs is 1. The van der Waals surface area contributed by atoms with E-state index in [1.807, 2.05) is 0 Å². The number of benzene rings is 1. The molecule has 1 aromatic carbocycles. The lowest BCUT2D eigenvalue weighted by Crippen LogP contribution is -2.31. The van der Waals surface area contributed by atoms with Gasteiger partial charge in [0.2, 0.25) is 0 Å². The number of hydrogen-bond acceptors (Lipinski definition) is 5. The molecule has 0 aliphatic carbocycles. The van der Waals surface area contributed by atoms with E-state index in [0.29, 0.717) is 10.9 Å². The second-order valence-electron chi connectivity index (χ2n) is 3.56. The summed E-state index contributed by atoms with van der Waals surface area (Å²) in [6.07, 6.45) is 0. The van der Waals surface area contributed by atoms with Gasteiger partial charge in [0.25, 0.3) is 5.56 Å². The molecule has 0 N–H and O–H groups in total. The molecule has 6 nitrogen and oxygen atoms in total. The van der Waals surface area contributed by atoms with E-state index in [-0.39, 0.29) is 5.56 Å². The third kappa shape index (κ3) is 1.89. The topological polar surface area (TPSA) is 74.1 Å². The summed E-state index contributed by atoms with van der Waals surface area (Å²) >= 11 is 0. The van der Waals surface area contributed by atoms with Crippen molar-refractivity contribution < 1.29 is 9.53 Å². The molecule has 0 saturated heterocycles. The Morgan fingerprint density at radius 3 is 2.82 bits per heavy atom. The number of ether oxygens (including phenoxy) is 1. The van der Waals surface area contributed by atoms with Crippen LogP contribution in [0.1, 0.15) is 13.0 Å². The second kappa shape index (κ2) is 4.32. The molecule has 1 aromatic heterocycles. The van der Waals surface area contributed by atoms with E-state index in [1.54, 1.807) is 24.3 Å². The molecule has 1 atom stereocenters. The van der Waals surface area contributed by atoms with Gasteiger partial charge in [0, 0.05) is 0 Å². The molecular weight excluding hydrogens is 222 g/mol. The molecule has 0 aliphatic rings. The molecule has 1 unspecified atom stereocenters. The van der Waals surface area contributed by atoms with E-state index >= 15 is 0 Å². The van der Waals surface area contributed by atoms with E-state index in [4.69, 9.17) is 0 Å². The summed E-state index contributed by atoms with van der Waals surface area (Å²) in [7, 11) is 1.26. The van der Waals surface area contributed by atoms with Gasteiger partial charge in [-0.15, -0.1) is 5.10 Å². The number of nitrogens with zero attached hydrogens (tertiary/aromatic N) is 3. The zero-order chi connectivity index (χ0) is 12.4. The third-order valence-electron chi connectivity index (χ3n) is 2.50. The number of aromatic nitrogens is 3. The van der Waals surface area contributed by atoms with Gasteiger partial charge in [0.05, 0.1) is 12.5 Å². The number of carbonyl (C=O) groups excluding carboxylic acids is 1. The number of carbonyl (C=O) groups is 1. The molecule has 88 valence electrons. The fourth-order valence-corrected chi connectivity index (χ4v) is 1.53. The van der Waals surface area contributed by atoms with Crippen LogP contribution in [0.3, 0.4) is 0 Å². The van der Waals surface area contributed by atoms with Crippen LogP contribution in [-0.2, 0) is 9.53 Å². The Balaban J connectivity index is 2.61. The first-order valence-electron chi connectivity index (χ1n) is 5.07. The monoisotopic (exact) mass is 233 g/mol. The second-order valence-corrected chi connectivity index (χ2v) is 3.56. The average molecular weight is 233 g/mol. The van der Waals surface area contributed by atoms with Crippen LogP contribution in [0.5, 0.6) is 0 Å². The minimum atomic E-state index is -0.787. The molecule has 0 fully saturated rings. The highest BCUT2D eigenvalue weighted by Gasteiger charge is 2.19. The Morgan fingerprint density at radius 1 is 1.41 bits per heavy atom. The maximum absolute atomic E-state index is 12.0.